The molecule has 256 valence electrons. The van der Waals surface area contributed by atoms with Gasteiger partial charge < -0.3 is 24.6 Å². The van der Waals surface area contributed by atoms with Crippen molar-refractivity contribution >= 4 is 19.8 Å². The van der Waals surface area contributed by atoms with E-state index in [2.05, 4.69) is 11.4 Å². The first kappa shape index (κ1) is 42.0. The van der Waals surface area contributed by atoms with Crippen LogP contribution in [0.1, 0.15) is 155 Å². The number of hydrogen-bond donors (Lipinski definition) is 3. The Hall–Kier alpha value is -1.03. The Labute approximate surface area is 261 Å². The summed E-state index contributed by atoms with van der Waals surface area (Å²) < 4.78 is 31.4. The molecule has 0 rings (SSSR count). The minimum atomic E-state index is -4.57. The van der Waals surface area contributed by atoms with Crippen LogP contribution in [0.5, 0.6) is 0 Å². The number of aliphatic hydroxyl groups is 2. The van der Waals surface area contributed by atoms with Gasteiger partial charge in [-0.2, -0.15) is 0 Å². The summed E-state index contributed by atoms with van der Waals surface area (Å²) in [5.41, 5.74) is 0. The highest BCUT2D eigenvalue weighted by Crippen LogP contribution is 2.43. The molecule has 0 heterocycles. The zero-order valence-corrected chi connectivity index (χ0v) is 28.1. The highest BCUT2D eigenvalue weighted by atomic mass is 31.2. The highest BCUT2D eigenvalue weighted by Gasteiger charge is 2.26. The Balaban J connectivity index is 3.74. The lowest BCUT2D eigenvalue weighted by Crippen LogP contribution is -2.29. The molecule has 10 nitrogen and oxygen atoms in total. The molecule has 0 aromatic rings. The van der Waals surface area contributed by atoms with Gasteiger partial charge in [0.15, 0.2) is 6.10 Å². The van der Waals surface area contributed by atoms with Gasteiger partial charge in [0.05, 0.1) is 19.8 Å². The van der Waals surface area contributed by atoms with Crippen LogP contribution in [-0.4, -0.2) is 65.7 Å². The Morgan fingerprint density at radius 2 is 1.05 bits per heavy atom. The second-order valence-corrected chi connectivity index (χ2v) is 13.1. The van der Waals surface area contributed by atoms with Crippen molar-refractivity contribution in [3.05, 3.63) is 0 Å². The number of unbranched alkanes of at least 4 members (excludes halogenated alkanes) is 20. The van der Waals surface area contributed by atoms with Gasteiger partial charge in [0.2, 0.25) is 0 Å². The molecule has 0 saturated heterocycles. The summed E-state index contributed by atoms with van der Waals surface area (Å²) in [5.74, 6) is -1.11. The number of aliphatic hydroxyl groups excluding tert-OH is 2. The molecule has 3 N–H and O–H groups in total. The predicted octanol–water partition coefficient (Wildman–Crippen LogP) is 7.55. The summed E-state index contributed by atoms with van der Waals surface area (Å²) in [4.78, 5) is 33.0. The number of phosphoric ester groups is 1. The number of ether oxygens (including phenoxy) is 2. The second kappa shape index (κ2) is 29.7. The van der Waals surface area contributed by atoms with E-state index in [4.69, 9.17) is 19.1 Å². The lowest BCUT2D eigenvalue weighted by Gasteiger charge is -2.20. The van der Waals surface area contributed by atoms with Crippen LogP contribution in [0.25, 0.3) is 0 Å². The topological polar surface area (TPSA) is 149 Å². The van der Waals surface area contributed by atoms with Gasteiger partial charge in [0.25, 0.3) is 0 Å². The summed E-state index contributed by atoms with van der Waals surface area (Å²) in [6.45, 7) is 1.33. The molecule has 0 bridgehead atoms. The number of carbonyl (C=O) groups excluding carboxylic acids is 2. The van der Waals surface area contributed by atoms with Crippen LogP contribution >= 0.6 is 7.82 Å². The molecular weight excluding hydrogens is 575 g/mol. The third-order valence-electron chi connectivity index (χ3n) is 7.32. The molecule has 0 aromatic carbocycles. The largest absolute Gasteiger partial charge is 0.472 e. The molecule has 0 aromatic heterocycles. The van der Waals surface area contributed by atoms with Crippen molar-refractivity contribution in [2.24, 2.45) is 0 Å². The van der Waals surface area contributed by atoms with Gasteiger partial charge in [-0.3, -0.25) is 18.6 Å². The van der Waals surface area contributed by atoms with Gasteiger partial charge >= 0.3 is 19.8 Å². The third-order valence-corrected chi connectivity index (χ3v) is 8.27. The maximum Gasteiger partial charge on any atom is 0.472 e. The maximum absolute atomic E-state index is 12.2. The Morgan fingerprint density at radius 3 is 1.44 bits per heavy atom. The summed E-state index contributed by atoms with van der Waals surface area (Å²) in [7, 11) is -4.57. The average molecular weight is 639 g/mol. The third kappa shape index (κ3) is 30.8. The molecule has 3 atom stereocenters. The van der Waals surface area contributed by atoms with Crippen molar-refractivity contribution in [3.63, 3.8) is 0 Å². The Kier molecular flexibility index (Phi) is 29.0. The fraction of sp³-hybridized carbons (Fsp3) is 0.938. The number of esters is 2. The number of phosphoric acid groups is 1. The smallest absolute Gasteiger partial charge is 0.462 e. The fourth-order valence-corrected chi connectivity index (χ4v) is 5.51. The lowest BCUT2D eigenvalue weighted by molar-refractivity contribution is -0.160. The van der Waals surface area contributed by atoms with E-state index >= 15 is 0 Å². The van der Waals surface area contributed by atoms with Crippen LogP contribution in [0.2, 0.25) is 0 Å². The van der Waals surface area contributed by atoms with Crippen LogP contribution in [0.15, 0.2) is 0 Å². The Morgan fingerprint density at radius 1 is 0.651 bits per heavy atom. The first-order chi connectivity index (χ1) is 20.7. The molecule has 0 fully saturated rings. The zero-order chi connectivity index (χ0) is 32.0. The molecule has 0 aliphatic heterocycles. The van der Waals surface area contributed by atoms with Gasteiger partial charge in [-0.25, -0.2) is 4.57 Å². The van der Waals surface area contributed by atoms with Gasteiger partial charge in [-0.05, 0) is 6.42 Å². The molecule has 3 unspecified atom stereocenters. The maximum atomic E-state index is 12.2. The second-order valence-electron chi connectivity index (χ2n) is 11.6. The van der Waals surface area contributed by atoms with Crippen molar-refractivity contribution in [2.75, 3.05) is 26.4 Å². The molecule has 0 aliphatic carbocycles. The minimum Gasteiger partial charge on any atom is -0.462 e. The van der Waals surface area contributed by atoms with E-state index < -0.39 is 51.8 Å². The predicted molar refractivity (Wildman–Crippen MR) is 169 cm³/mol. The molecule has 0 amide bonds. The van der Waals surface area contributed by atoms with Gasteiger partial charge in [0.1, 0.15) is 12.7 Å². The fourth-order valence-electron chi connectivity index (χ4n) is 4.72. The van der Waals surface area contributed by atoms with E-state index in [1.54, 1.807) is 0 Å². The molecule has 0 aliphatic rings. The zero-order valence-electron chi connectivity index (χ0n) is 27.2. The van der Waals surface area contributed by atoms with Crippen LogP contribution < -0.4 is 0 Å². The van der Waals surface area contributed by atoms with E-state index in [1.807, 2.05) is 0 Å². The Bertz CT molecular complexity index is 706. The van der Waals surface area contributed by atoms with E-state index in [9.17, 15) is 24.2 Å². The van der Waals surface area contributed by atoms with E-state index in [-0.39, 0.29) is 13.0 Å². The van der Waals surface area contributed by atoms with Crippen LogP contribution in [0.3, 0.4) is 0 Å². The summed E-state index contributed by atoms with van der Waals surface area (Å²) >= 11 is 0. The van der Waals surface area contributed by atoms with Crippen molar-refractivity contribution in [2.45, 2.75) is 167 Å². The number of carbonyl (C=O) groups is 2. The normalized spacial score (nSPS) is 14.3. The van der Waals surface area contributed by atoms with Crippen molar-refractivity contribution in [1.29, 1.82) is 0 Å². The van der Waals surface area contributed by atoms with E-state index in [0.29, 0.717) is 6.42 Å². The number of rotatable bonds is 32. The van der Waals surface area contributed by atoms with E-state index in [1.165, 1.54) is 116 Å². The quantitative estimate of drug-likeness (QED) is 0.0383. The SMILES string of the molecule is CCCCCCCCCCCCCCCCCCCCCCCC(=O)OC(COC(C)=O)COP(=O)(O)OCC(O)CO. The van der Waals surface area contributed by atoms with Crippen LogP contribution in [0.4, 0.5) is 0 Å². The summed E-state index contributed by atoms with van der Waals surface area (Å²) in [6, 6.07) is 0. The molecule has 0 saturated carbocycles. The van der Waals surface area contributed by atoms with Gasteiger partial charge in [-0.1, -0.05) is 135 Å². The van der Waals surface area contributed by atoms with Gasteiger partial charge in [-0.15, -0.1) is 0 Å². The minimum absolute atomic E-state index is 0.186. The molecule has 11 heteroatoms. The van der Waals surface area contributed by atoms with Crippen molar-refractivity contribution in [3.8, 4) is 0 Å². The highest BCUT2D eigenvalue weighted by molar-refractivity contribution is 7.47. The summed E-state index contributed by atoms with van der Waals surface area (Å²) in [6.07, 6.45) is 24.7. The molecule has 0 spiro atoms. The van der Waals surface area contributed by atoms with Crippen LogP contribution in [-0.2, 0) is 32.7 Å². The first-order valence-corrected chi connectivity index (χ1v) is 18.4. The van der Waals surface area contributed by atoms with Crippen LogP contribution in [0, 0.1) is 0 Å². The molecular formula is C32H63O10P. The summed E-state index contributed by atoms with van der Waals surface area (Å²) in [5, 5.41) is 18.0. The molecule has 0 radical (unpaired) electrons. The van der Waals surface area contributed by atoms with Crippen molar-refractivity contribution in [1.82, 2.24) is 0 Å². The standard InChI is InChI=1S/C32H63O10P/c1-3-4-5-6-7-8-9-10-11-12-13-14-15-16-17-18-19-20-21-22-23-24-32(36)42-31(27-39-29(2)34)28-41-43(37,38)40-26-30(35)25-33/h30-31,33,35H,3-28H2,1-2H3,(H,37,38). The van der Waals surface area contributed by atoms with Crippen molar-refractivity contribution < 1.29 is 47.8 Å². The average Bonchev–Trinajstić information content (AvgIpc) is 2.98. The lowest BCUT2D eigenvalue weighted by atomic mass is 10.0. The molecule has 43 heavy (non-hydrogen) atoms. The first-order valence-electron chi connectivity index (χ1n) is 16.9. The van der Waals surface area contributed by atoms with E-state index in [0.717, 1.165) is 19.3 Å². The number of hydrogen-bond acceptors (Lipinski definition) is 9. The van der Waals surface area contributed by atoms with Gasteiger partial charge in [0, 0.05) is 13.3 Å². The monoisotopic (exact) mass is 638 g/mol.